The first-order valence-electron chi connectivity index (χ1n) is 6.21. The van der Waals surface area contributed by atoms with E-state index >= 15 is 0 Å². The van der Waals surface area contributed by atoms with Gasteiger partial charge >= 0.3 is 0 Å². The maximum Gasteiger partial charge on any atom is 0.258 e. The van der Waals surface area contributed by atoms with Crippen LogP contribution in [-0.4, -0.2) is 29.4 Å². The Bertz CT molecular complexity index is 637. The lowest BCUT2D eigenvalue weighted by Gasteiger charge is -2.05. The second-order valence-electron chi connectivity index (χ2n) is 4.31. The number of aromatic hydroxyl groups is 1. The van der Waals surface area contributed by atoms with E-state index in [0.29, 0.717) is 17.5 Å². The normalized spacial score (nSPS) is 17.0. The number of amides is 2. The zero-order valence-corrected chi connectivity index (χ0v) is 11.1. The minimum absolute atomic E-state index is 0.0792. The highest BCUT2D eigenvalue weighted by atomic mass is 16.3. The fourth-order valence-corrected chi connectivity index (χ4v) is 1.77. The van der Waals surface area contributed by atoms with Gasteiger partial charge in [0.2, 0.25) is 0 Å². The van der Waals surface area contributed by atoms with E-state index in [1.54, 1.807) is 24.3 Å². The van der Waals surface area contributed by atoms with Gasteiger partial charge in [0, 0.05) is 11.8 Å². The van der Waals surface area contributed by atoms with Crippen molar-refractivity contribution in [2.24, 2.45) is 16.1 Å². The Labute approximate surface area is 121 Å². The maximum atomic E-state index is 11.6. The molecule has 3 N–H and O–H groups in total. The average Bonchev–Trinajstić information content (AvgIpc) is 2.89. The highest BCUT2D eigenvalue weighted by molar-refractivity contribution is 6.15. The Morgan fingerprint density at radius 3 is 3.05 bits per heavy atom. The Balaban J connectivity index is 2.03. The monoisotopic (exact) mass is 286 g/mol. The van der Waals surface area contributed by atoms with Crippen molar-refractivity contribution in [3.8, 4) is 5.75 Å². The molecule has 0 saturated heterocycles. The van der Waals surface area contributed by atoms with Crippen molar-refractivity contribution in [3.63, 3.8) is 0 Å². The molecule has 7 heteroatoms. The third-order valence-corrected chi connectivity index (χ3v) is 2.86. The third-order valence-electron chi connectivity index (χ3n) is 2.86. The highest BCUT2D eigenvalue weighted by Gasteiger charge is 2.28. The van der Waals surface area contributed by atoms with Crippen LogP contribution in [0.5, 0.6) is 5.75 Å². The number of hydrazone groups is 2. The number of carbonyl (C=O) groups is 2. The first-order valence-corrected chi connectivity index (χ1v) is 6.21. The molecule has 0 fully saturated rings. The molecule has 0 radical (unpaired) electrons. The molecule has 1 aliphatic heterocycles. The topological polar surface area (TPSA) is 103 Å². The number of hydrogen-bond acceptors (Lipinski definition) is 5. The number of carbonyl (C=O) groups excluding carboxylic acids is 2. The number of phenols is 1. The molecule has 2 amide bonds. The van der Waals surface area contributed by atoms with E-state index in [2.05, 4.69) is 27.6 Å². The summed E-state index contributed by atoms with van der Waals surface area (Å²) in [7, 11) is 0. The molecule has 21 heavy (non-hydrogen) atoms. The Morgan fingerprint density at radius 1 is 1.57 bits per heavy atom. The lowest BCUT2D eigenvalue weighted by molar-refractivity contribution is -0.131. The molecule has 0 aromatic heterocycles. The molecule has 1 aromatic carbocycles. The zero-order valence-electron chi connectivity index (χ0n) is 11.1. The van der Waals surface area contributed by atoms with Gasteiger partial charge in [0.15, 0.2) is 5.92 Å². The summed E-state index contributed by atoms with van der Waals surface area (Å²) in [5, 5.41) is 17.2. The smallest absolute Gasteiger partial charge is 0.258 e. The van der Waals surface area contributed by atoms with Crippen molar-refractivity contribution in [1.29, 1.82) is 0 Å². The minimum atomic E-state index is -0.983. The van der Waals surface area contributed by atoms with E-state index in [-0.39, 0.29) is 5.75 Å². The van der Waals surface area contributed by atoms with Gasteiger partial charge in [-0.05, 0) is 18.1 Å². The number of para-hydroxylation sites is 1. The number of benzene rings is 1. The predicted octanol–water partition coefficient (Wildman–Crippen LogP) is 0.303. The van der Waals surface area contributed by atoms with Crippen LogP contribution in [0, 0.1) is 5.92 Å². The lowest BCUT2D eigenvalue weighted by atomic mass is 10.1. The standard InChI is InChI=1S/C14H14N4O3/c1-2-4-9-5-3-6-10(12(9)19)7-15-17-13(20)11-8-16-18-14(11)21/h2-3,5-8,11,19H,1,4H2,(H,17,20)(H,18,21). The summed E-state index contributed by atoms with van der Waals surface area (Å²) in [6, 6.07) is 5.19. The van der Waals surface area contributed by atoms with E-state index in [1.807, 2.05) is 0 Å². The molecule has 1 aliphatic rings. The molecule has 1 atom stereocenters. The summed E-state index contributed by atoms with van der Waals surface area (Å²) in [5.74, 6) is -2.00. The molecule has 108 valence electrons. The van der Waals surface area contributed by atoms with Gasteiger partial charge in [-0.25, -0.2) is 10.9 Å². The molecule has 7 nitrogen and oxygen atoms in total. The molecule has 0 bridgehead atoms. The zero-order chi connectivity index (χ0) is 15.2. The summed E-state index contributed by atoms with van der Waals surface area (Å²) in [6.07, 6.45) is 4.72. The number of rotatable bonds is 5. The van der Waals surface area contributed by atoms with Crippen LogP contribution < -0.4 is 10.9 Å². The average molecular weight is 286 g/mol. The molecule has 0 saturated carbocycles. The largest absolute Gasteiger partial charge is 0.507 e. The van der Waals surface area contributed by atoms with E-state index in [9.17, 15) is 14.7 Å². The number of allylic oxidation sites excluding steroid dienone is 1. The molecular formula is C14H14N4O3. The van der Waals surface area contributed by atoms with Gasteiger partial charge in [0.25, 0.3) is 11.8 Å². The van der Waals surface area contributed by atoms with Crippen LogP contribution in [-0.2, 0) is 16.0 Å². The Kier molecular flexibility index (Phi) is 4.45. The van der Waals surface area contributed by atoms with Gasteiger partial charge in [0.1, 0.15) is 5.75 Å². The van der Waals surface area contributed by atoms with Crippen LogP contribution >= 0.6 is 0 Å². The second kappa shape index (κ2) is 6.47. The number of hydrogen-bond donors (Lipinski definition) is 3. The van der Waals surface area contributed by atoms with E-state index < -0.39 is 17.7 Å². The van der Waals surface area contributed by atoms with Gasteiger partial charge in [0.05, 0.1) is 6.21 Å². The predicted molar refractivity (Wildman–Crippen MR) is 77.9 cm³/mol. The van der Waals surface area contributed by atoms with Gasteiger partial charge in [-0.15, -0.1) is 6.58 Å². The van der Waals surface area contributed by atoms with Crippen LogP contribution in [0.3, 0.4) is 0 Å². The summed E-state index contributed by atoms with van der Waals surface area (Å²) >= 11 is 0. The second-order valence-corrected chi connectivity index (χ2v) is 4.31. The van der Waals surface area contributed by atoms with Crippen LogP contribution in [0.4, 0.5) is 0 Å². The molecule has 0 spiro atoms. The summed E-state index contributed by atoms with van der Waals surface area (Å²) < 4.78 is 0. The molecule has 2 rings (SSSR count). The number of nitrogens with one attached hydrogen (secondary N) is 2. The van der Waals surface area contributed by atoms with E-state index in [0.717, 1.165) is 0 Å². The molecule has 1 aromatic rings. The molecular weight excluding hydrogens is 272 g/mol. The Hall–Kier alpha value is -2.96. The van der Waals surface area contributed by atoms with Crippen LogP contribution in [0.1, 0.15) is 11.1 Å². The maximum absolute atomic E-state index is 11.6. The van der Waals surface area contributed by atoms with Crippen molar-refractivity contribution in [3.05, 3.63) is 42.0 Å². The van der Waals surface area contributed by atoms with Gasteiger partial charge in [-0.2, -0.15) is 10.2 Å². The molecule has 0 aliphatic carbocycles. The number of nitrogens with zero attached hydrogens (tertiary/aromatic N) is 2. The van der Waals surface area contributed by atoms with Crippen molar-refractivity contribution in [1.82, 2.24) is 10.9 Å². The van der Waals surface area contributed by atoms with Crippen molar-refractivity contribution in [2.45, 2.75) is 6.42 Å². The number of phenolic OH excluding ortho intramolecular Hbond substituents is 1. The quantitative estimate of drug-likeness (QED) is 0.314. The first-order chi connectivity index (χ1) is 10.1. The van der Waals surface area contributed by atoms with Crippen molar-refractivity contribution < 1.29 is 14.7 Å². The van der Waals surface area contributed by atoms with E-state index in [1.165, 1.54) is 12.4 Å². The van der Waals surface area contributed by atoms with Gasteiger partial charge in [-0.1, -0.05) is 18.2 Å². The lowest BCUT2D eigenvalue weighted by Crippen LogP contribution is -2.34. The van der Waals surface area contributed by atoms with Gasteiger partial charge in [-0.3, -0.25) is 9.59 Å². The van der Waals surface area contributed by atoms with Crippen molar-refractivity contribution >= 4 is 24.2 Å². The first kappa shape index (κ1) is 14.4. The summed E-state index contributed by atoms with van der Waals surface area (Å²) in [4.78, 5) is 22.9. The fourth-order valence-electron chi connectivity index (χ4n) is 1.77. The highest BCUT2D eigenvalue weighted by Crippen LogP contribution is 2.21. The fraction of sp³-hybridized carbons (Fsp3) is 0.143. The van der Waals surface area contributed by atoms with Crippen molar-refractivity contribution in [2.75, 3.05) is 0 Å². The van der Waals surface area contributed by atoms with Crippen LogP contribution in [0.25, 0.3) is 0 Å². The molecule has 1 heterocycles. The van der Waals surface area contributed by atoms with Crippen LogP contribution in [0.2, 0.25) is 0 Å². The van der Waals surface area contributed by atoms with Gasteiger partial charge < -0.3 is 5.11 Å². The minimum Gasteiger partial charge on any atom is -0.507 e. The van der Waals surface area contributed by atoms with E-state index in [4.69, 9.17) is 0 Å². The Morgan fingerprint density at radius 2 is 2.38 bits per heavy atom. The summed E-state index contributed by atoms with van der Waals surface area (Å²) in [5.41, 5.74) is 5.56. The third kappa shape index (κ3) is 3.33. The summed E-state index contributed by atoms with van der Waals surface area (Å²) in [6.45, 7) is 3.61. The molecule has 1 unspecified atom stereocenters. The van der Waals surface area contributed by atoms with Crippen LogP contribution in [0.15, 0.2) is 41.1 Å². The SMILES string of the molecule is C=CCc1cccc(C=NNC(=O)C2C=NNC2=O)c1O.